The molecule has 146 valence electrons. The molecule has 0 saturated heterocycles. The van der Waals surface area contributed by atoms with Gasteiger partial charge in [-0.25, -0.2) is 8.78 Å². The molecule has 0 radical (unpaired) electrons. The maximum atomic E-state index is 13.7. The summed E-state index contributed by atoms with van der Waals surface area (Å²) in [5, 5.41) is 4.19. The van der Waals surface area contributed by atoms with E-state index < -0.39 is 28.9 Å². The van der Waals surface area contributed by atoms with E-state index in [0.717, 1.165) is 35.0 Å². The highest BCUT2D eigenvalue weighted by atomic mass is 19.4. The van der Waals surface area contributed by atoms with E-state index in [-0.39, 0.29) is 27.8 Å². The Labute approximate surface area is 159 Å². The smallest absolute Gasteiger partial charge is 0.267 e. The van der Waals surface area contributed by atoms with Gasteiger partial charge in [0.2, 0.25) is 0 Å². The minimum Gasteiger partial charge on any atom is -0.267 e. The molecule has 0 aliphatic carbocycles. The highest BCUT2D eigenvalue weighted by Gasteiger charge is 2.31. The molecular formula is C20H10F5N3O. The number of hydrogen-bond acceptors (Lipinski definition) is 3. The first-order valence-electron chi connectivity index (χ1n) is 8.27. The van der Waals surface area contributed by atoms with Gasteiger partial charge in [0, 0.05) is 17.8 Å². The SMILES string of the molecule is O=c1c2cccnc2c(-c2cccc(C(F)(F)F)c2)nn1-c1ccc(F)c(F)c1. The van der Waals surface area contributed by atoms with Crippen molar-refractivity contribution >= 4 is 10.9 Å². The summed E-state index contributed by atoms with van der Waals surface area (Å²) in [7, 11) is 0. The zero-order valence-corrected chi connectivity index (χ0v) is 14.4. The van der Waals surface area contributed by atoms with Gasteiger partial charge in [0.1, 0.15) is 11.2 Å². The predicted octanol–water partition coefficient (Wildman–Crippen LogP) is 4.74. The third-order valence-electron chi connectivity index (χ3n) is 4.27. The van der Waals surface area contributed by atoms with E-state index in [4.69, 9.17) is 0 Å². The summed E-state index contributed by atoms with van der Waals surface area (Å²) in [6.45, 7) is 0. The number of benzene rings is 2. The van der Waals surface area contributed by atoms with Crippen molar-refractivity contribution in [3.05, 3.63) is 88.3 Å². The maximum Gasteiger partial charge on any atom is 0.416 e. The molecule has 29 heavy (non-hydrogen) atoms. The molecule has 0 aliphatic heterocycles. The van der Waals surface area contributed by atoms with E-state index in [1.54, 1.807) is 0 Å². The molecule has 0 spiro atoms. The summed E-state index contributed by atoms with van der Waals surface area (Å²) in [6, 6.07) is 10.1. The average Bonchev–Trinajstić information content (AvgIpc) is 2.70. The lowest BCUT2D eigenvalue weighted by Crippen LogP contribution is -2.22. The van der Waals surface area contributed by atoms with E-state index in [1.807, 2.05) is 0 Å². The number of aromatic nitrogens is 3. The van der Waals surface area contributed by atoms with Crippen LogP contribution in [-0.2, 0) is 6.18 Å². The summed E-state index contributed by atoms with van der Waals surface area (Å²) in [4.78, 5) is 16.9. The standard InChI is InChI=1S/C20H10F5N3O/c21-15-7-6-13(10-16(15)22)28-19(29)14-5-2-8-26-18(14)17(27-28)11-3-1-4-12(9-11)20(23,24)25/h1-10H. The summed E-state index contributed by atoms with van der Waals surface area (Å²) < 4.78 is 67.1. The number of nitrogens with zero attached hydrogens (tertiary/aromatic N) is 3. The van der Waals surface area contributed by atoms with Gasteiger partial charge in [-0.2, -0.15) is 23.0 Å². The Morgan fingerprint density at radius 3 is 2.41 bits per heavy atom. The molecule has 0 N–H and O–H groups in total. The monoisotopic (exact) mass is 403 g/mol. The molecule has 2 heterocycles. The van der Waals surface area contributed by atoms with Crippen LogP contribution in [0.5, 0.6) is 0 Å². The van der Waals surface area contributed by atoms with Gasteiger partial charge in [-0.3, -0.25) is 9.78 Å². The van der Waals surface area contributed by atoms with Crippen molar-refractivity contribution in [2.24, 2.45) is 0 Å². The van der Waals surface area contributed by atoms with E-state index in [0.29, 0.717) is 0 Å². The Kier molecular flexibility index (Phi) is 4.37. The van der Waals surface area contributed by atoms with Crippen molar-refractivity contribution < 1.29 is 22.0 Å². The zero-order chi connectivity index (χ0) is 20.8. The predicted molar refractivity (Wildman–Crippen MR) is 95.5 cm³/mol. The summed E-state index contributed by atoms with van der Waals surface area (Å²) >= 11 is 0. The quantitative estimate of drug-likeness (QED) is 0.454. The molecular weight excluding hydrogens is 393 g/mol. The maximum absolute atomic E-state index is 13.7. The zero-order valence-electron chi connectivity index (χ0n) is 14.4. The van der Waals surface area contributed by atoms with Gasteiger partial charge in [0.05, 0.1) is 16.6 Å². The molecule has 0 unspecified atom stereocenters. The molecule has 2 aromatic carbocycles. The summed E-state index contributed by atoms with van der Waals surface area (Å²) in [6.07, 6.45) is -3.20. The number of halogens is 5. The highest BCUT2D eigenvalue weighted by molar-refractivity contribution is 5.90. The van der Waals surface area contributed by atoms with Crippen LogP contribution in [0.15, 0.2) is 65.6 Å². The van der Waals surface area contributed by atoms with Crippen LogP contribution in [0.1, 0.15) is 5.56 Å². The fourth-order valence-corrected chi connectivity index (χ4v) is 2.90. The van der Waals surface area contributed by atoms with Gasteiger partial charge in [0.15, 0.2) is 11.6 Å². The molecule has 4 nitrogen and oxygen atoms in total. The molecule has 9 heteroatoms. The molecule has 0 amide bonds. The first-order valence-corrected chi connectivity index (χ1v) is 8.27. The number of fused-ring (bicyclic) bond motifs is 1. The van der Waals surface area contributed by atoms with Crippen LogP contribution in [0.25, 0.3) is 27.8 Å². The van der Waals surface area contributed by atoms with Crippen LogP contribution >= 0.6 is 0 Å². The lowest BCUT2D eigenvalue weighted by atomic mass is 10.1. The molecule has 0 aliphatic rings. The molecule has 0 atom stereocenters. The molecule has 0 saturated carbocycles. The van der Waals surface area contributed by atoms with E-state index >= 15 is 0 Å². The molecule has 2 aromatic heterocycles. The topological polar surface area (TPSA) is 47.8 Å². The molecule has 4 aromatic rings. The Morgan fingerprint density at radius 2 is 1.69 bits per heavy atom. The van der Waals surface area contributed by atoms with Crippen molar-refractivity contribution in [1.29, 1.82) is 0 Å². The lowest BCUT2D eigenvalue weighted by Gasteiger charge is -2.12. The largest absolute Gasteiger partial charge is 0.416 e. The average molecular weight is 403 g/mol. The third kappa shape index (κ3) is 3.35. The van der Waals surface area contributed by atoms with Crippen molar-refractivity contribution in [2.45, 2.75) is 6.18 Å². The number of alkyl halides is 3. The second-order valence-electron chi connectivity index (χ2n) is 6.14. The normalized spacial score (nSPS) is 11.8. The third-order valence-corrected chi connectivity index (χ3v) is 4.27. The Morgan fingerprint density at radius 1 is 0.897 bits per heavy atom. The number of hydrogen-bond donors (Lipinski definition) is 0. The minimum absolute atomic E-state index is 0.00367. The van der Waals surface area contributed by atoms with E-state index in [9.17, 15) is 26.7 Å². The van der Waals surface area contributed by atoms with Crippen LogP contribution in [0.4, 0.5) is 22.0 Å². The van der Waals surface area contributed by atoms with Gasteiger partial charge in [0.25, 0.3) is 5.56 Å². The second-order valence-corrected chi connectivity index (χ2v) is 6.14. The summed E-state index contributed by atoms with van der Waals surface area (Å²) in [5.74, 6) is -2.30. The van der Waals surface area contributed by atoms with E-state index in [1.165, 1.54) is 30.5 Å². The van der Waals surface area contributed by atoms with Crippen molar-refractivity contribution in [3.8, 4) is 16.9 Å². The molecule has 4 rings (SSSR count). The number of rotatable bonds is 2. The van der Waals surface area contributed by atoms with Crippen LogP contribution in [0.3, 0.4) is 0 Å². The number of pyridine rings is 1. The van der Waals surface area contributed by atoms with Crippen LogP contribution in [-0.4, -0.2) is 14.8 Å². The van der Waals surface area contributed by atoms with Crippen LogP contribution in [0.2, 0.25) is 0 Å². The molecule has 0 bridgehead atoms. The van der Waals surface area contributed by atoms with Gasteiger partial charge in [-0.15, -0.1) is 0 Å². The van der Waals surface area contributed by atoms with Crippen molar-refractivity contribution in [1.82, 2.24) is 14.8 Å². The van der Waals surface area contributed by atoms with Crippen molar-refractivity contribution in [2.75, 3.05) is 0 Å². The Hall–Kier alpha value is -3.62. The highest BCUT2D eigenvalue weighted by Crippen LogP contribution is 2.33. The summed E-state index contributed by atoms with van der Waals surface area (Å²) in [5.41, 5.74) is -1.49. The Balaban J connectivity index is 2.03. The first kappa shape index (κ1) is 18.7. The van der Waals surface area contributed by atoms with Gasteiger partial charge in [-0.1, -0.05) is 12.1 Å². The second kappa shape index (κ2) is 6.77. The fourth-order valence-electron chi connectivity index (χ4n) is 2.90. The Bertz CT molecular complexity index is 1300. The fraction of sp³-hybridized carbons (Fsp3) is 0.0500. The lowest BCUT2D eigenvalue weighted by molar-refractivity contribution is -0.137. The van der Waals surface area contributed by atoms with Crippen LogP contribution < -0.4 is 5.56 Å². The van der Waals surface area contributed by atoms with E-state index in [2.05, 4.69) is 10.1 Å². The van der Waals surface area contributed by atoms with Crippen LogP contribution in [0, 0.1) is 11.6 Å². The van der Waals surface area contributed by atoms with Gasteiger partial charge >= 0.3 is 6.18 Å². The van der Waals surface area contributed by atoms with Gasteiger partial charge < -0.3 is 0 Å². The van der Waals surface area contributed by atoms with Crippen molar-refractivity contribution in [3.63, 3.8) is 0 Å². The minimum atomic E-state index is -4.58. The molecule has 0 fully saturated rings. The van der Waals surface area contributed by atoms with Gasteiger partial charge in [-0.05, 0) is 36.4 Å². The first-order chi connectivity index (χ1) is 13.8.